The van der Waals surface area contributed by atoms with Crippen molar-refractivity contribution in [3.63, 3.8) is 0 Å². The van der Waals surface area contributed by atoms with Crippen molar-refractivity contribution < 1.29 is 14.3 Å². The average molecular weight is 456 g/mol. The third-order valence-corrected chi connectivity index (χ3v) is 7.29. The van der Waals surface area contributed by atoms with Gasteiger partial charge < -0.3 is 15.0 Å². The van der Waals surface area contributed by atoms with E-state index in [1.807, 2.05) is 67.4 Å². The lowest BCUT2D eigenvalue weighted by atomic mass is 10.1. The number of rotatable bonds is 5. The van der Waals surface area contributed by atoms with Gasteiger partial charge in [0.25, 0.3) is 11.8 Å². The largest absolute Gasteiger partial charge is 0.372 e. The van der Waals surface area contributed by atoms with E-state index in [4.69, 9.17) is 4.74 Å². The minimum atomic E-state index is -0.130. The zero-order valence-corrected chi connectivity index (χ0v) is 19.4. The van der Waals surface area contributed by atoms with Gasteiger partial charge in [-0.2, -0.15) is 0 Å². The highest BCUT2D eigenvalue weighted by atomic mass is 32.1. The average Bonchev–Trinajstić information content (AvgIpc) is 3.41. The molecular weight excluding hydrogens is 430 g/mol. The molecule has 1 saturated heterocycles. The van der Waals surface area contributed by atoms with Crippen LogP contribution in [0.1, 0.15) is 45.1 Å². The van der Waals surface area contributed by atoms with Crippen LogP contribution < -0.4 is 5.32 Å². The molecule has 2 aromatic heterocycles. The van der Waals surface area contributed by atoms with E-state index in [-0.39, 0.29) is 24.0 Å². The number of aryl methyl sites for hydroxylation is 1. The lowest BCUT2D eigenvalue weighted by Gasteiger charge is -2.35. The van der Waals surface area contributed by atoms with Crippen molar-refractivity contribution in [3.05, 3.63) is 63.5 Å². The second-order valence-corrected chi connectivity index (χ2v) is 9.70. The molecule has 0 spiro atoms. The topological polar surface area (TPSA) is 71.5 Å². The summed E-state index contributed by atoms with van der Waals surface area (Å²) in [7, 11) is 0. The molecule has 0 radical (unpaired) electrons. The molecule has 2 amide bonds. The van der Waals surface area contributed by atoms with Crippen LogP contribution in [0, 0.1) is 6.92 Å². The molecule has 2 unspecified atom stereocenters. The van der Waals surface area contributed by atoms with Crippen LogP contribution in [0.15, 0.2) is 41.8 Å². The zero-order chi connectivity index (χ0) is 22.0. The van der Waals surface area contributed by atoms with Crippen LogP contribution in [0.4, 0.5) is 0 Å². The van der Waals surface area contributed by atoms with Gasteiger partial charge in [0.2, 0.25) is 0 Å². The molecule has 162 valence electrons. The first kappa shape index (κ1) is 21.7. The van der Waals surface area contributed by atoms with Crippen molar-refractivity contribution in [1.82, 2.24) is 15.2 Å². The molecule has 1 aliphatic rings. The Balaban J connectivity index is 1.36. The van der Waals surface area contributed by atoms with Crippen LogP contribution in [0.3, 0.4) is 0 Å². The standard InChI is InChI=1S/C23H25N3O3S2/c1-14-12-26(13-15(2)29-14)23(28)18-8-6-17(7-9-18)11-24-21(27)20-16(3)25-22(31-20)19-5-4-10-30-19/h4-10,14-15H,11-13H2,1-3H3,(H,24,27). The molecule has 0 aliphatic carbocycles. The summed E-state index contributed by atoms with van der Waals surface area (Å²) in [6.07, 6.45) is 0.0791. The zero-order valence-electron chi connectivity index (χ0n) is 17.8. The highest BCUT2D eigenvalue weighted by molar-refractivity contribution is 7.22. The van der Waals surface area contributed by atoms with Gasteiger partial charge in [-0.25, -0.2) is 4.98 Å². The van der Waals surface area contributed by atoms with Crippen LogP contribution in [0.2, 0.25) is 0 Å². The molecule has 6 nitrogen and oxygen atoms in total. The summed E-state index contributed by atoms with van der Waals surface area (Å²) in [5, 5.41) is 5.83. The molecule has 1 aliphatic heterocycles. The second-order valence-electron chi connectivity index (χ2n) is 7.76. The first-order valence-corrected chi connectivity index (χ1v) is 11.9. The van der Waals surface area contributed by atoms with Gasteiger partial charge in [-0.3, -0.25) is 9.59 Å². The predicted octanol–water partition coefficient (Wildman–Crippen LogP) is 4.36. The fourth-order valence-corrected chi connectivity index (χ4v) is 5.45. The molecule has 3 aromatic rings. The van der Waals surface area contributed by atoms with E-state index < -0.39 is 0 Å². The Morgan fingerprint density at radius 2 is 1.87 bits per heavy atom. The number of aromatic nitrogens is 1. The number of hydrogen-bond donors (Lipinski definition) is 1. The summed E-state index contributed by atoms with van der Waals surface area (Å²) in [6.45, 7) is 7.41. The van der Waals surface area contributed by atoms with Gasteiger partial charge in [-0.1, -0.05) is 18.2 Å². The monoisotopic (exact) mass is 455 g/mol. The number of amides is 2. The Morgan fingerprint density at radius 3 is 2.52 bits per heavy atom. The Labute approximate surface area is 189 Å². The van der Waals surface area contributed by atoms with Crippen molar-refractivity contribution in [1.29, 1.82) is 0 Å². The van der Waals surface area contributed by atoms with E-state index in [1.165, 1.54) is 11.3 Å². The Kier molecular flexibility index (Phi) is 6.50. The first-order valence-electron chi connectivity index (χ1n) is 10.2. The van der Waals surface area contributed by atoms with Crippen LogP contribution in [0.25, 0.3) is 9.88 Å². The number of nitrogens with zero attached hydrogens (tertiary/aromatic N) is 2. The van der Waals surface area contributed by atoms with Crippen molar-refractivity contribution in [2.24, 2.45) is 0 Å². The number of nitrogens with one attached hydrogen (secondary N) is 1. The molecule has 1 N–H and O–H groups in total. The molecule has 0 bridgehead atoms. The summed E-state index contributed by atoms with van der Waals surface area (Å²) in [5.74, 6) is -0.117. The fraction of sp³-hybridized carbons (Fsp3) is 0.348. The molecule has 4 rings (SSSR count). The SMILES string of the molecule is Cc1nc(-c2cccs2)sc1C(=O)NCc1ccc(C(=O)N2CC(C)OC(C)C2)cc1. The lowest BCUT2D eigenvalue weighted by Crippen LogP contribution is -2.48. The van der Waals surface area contributed by atoms with Gasteiger partial charge >= 0.3 is 0 Å². The van der Waals surface area contributed by atoms with E-state index in [2.05, 4.69) is 10.3 Å². The van der Waals surface area contributed by atoms with Crippen molar-refractivity contribution in [3.8, 4) is 9.88 Å². The summed E-state index contributed by atoms with van der Waals surface area (Å²) >= 11 is 3.02. The number of benzene rings is 1. The predicted molar refractivity (Wildman–Crippen MR) is 124 cm³/mol. The third kappa shape index (κ3) is 5.03. The summed E-state index contributed by atoms with van der Waals surface area (Å²) in [4.78, 5) is 33.5. The van der Waals surface area contributed by atoms with Gasteiger partial charge in [0.1, 0.15) is 9.88 Å². The van der Waals surface area contributed by atoms with Crippen molar-refractivity contribution in [2.45, 2.75) is 39.5 Å². The smallest absolute Gasteiger partial charge is 0.263 e. The maximum Gasteiger partial charge on any atom is 0.263 e. The number of carbonyl (C=O) groups is 2. The quantitative estimate of drug-likeness (QED) is 0.621. The van der Waals surface area contributed by atoms with Crippen LogP contribution in [-0.2, 0) is 11.3 Å². The van der Waals surface area contributed by atoms with Gasteiger partial charge in [0.15, 0.2) is 0 Å². The van der Waals surface area contributed by atoms with Gasteiger partial charge in [-0.15, -0.1) is 22.7 Å². The maximum atomic E-state index is 12.8. The fourth-order valence-electron chi connectivity index (χ4n) is 3.67. The summed E-state index contributed by atoms with van der Waals surface area (Å²) < 4.78 is 5.71. The molecule has 8 heteroatoms. The molecule has 1 aromatic carbocycles. The molecular formula is C23H25N3O3S2. The number of thiophene rings is 1. The molecule has 2 atom stereocenters. The van der Waals surface area contributed by atoms with Gasteiger partial charge in [0.05, 0.1) is 22.8 Å². The van der Waals surface area contributed by atoms with E-state index in [1.54, 1.807) is 11.3 Å². The number of morpholine rings is 1. The molecule has 3 heterocycles. The molecule has 0 saturated carbocycles. The minimum Gasteiger partial charge on any atom is -0.372 e. The van der Waals surface area contributed by atoms with Crippen LogP contribution >= 0.6 is 22.7 Å². The highest BCUT2D eigenvalue weighted by Gasteiger charge is 2.26. The summed E-state index contributed by atoms with van der Waals surface area (Å²) in [6, 6.07) is 11.4. The Hall–Kier alpha value is -2.55. The van der Waals surface area contributed by atoms with E-state index in [0.717, 1.165) is 21.1 Å². The Morgan fingerprint density at radius 1 is 1.16 bits per heavy atom. The number of carbonyl (C=O) groups excluding carboxylic acids is 2. The number of hydrogen-bond acceptors (Lipinski definition) is 6. The van der Waals surface area contributed by atoms with Crippen LogP contribution in [0.5, 0.6) is 0 Å². The van der Waals surface area contributed by atoms with Gasteiger partial charge in [0, 0.05) is 25.2 Å². The number of thiazole rings is 1. The van der Waals surface area contributed by atoms with Crippen molar-refractivity contribution in [2.75, 3.05) is 13.1 Å². The van der Waals surface area contributed by atoms with E-state index in [0.29, 0.717) is 30.1 Å². The van der Waals surface area contributed by atoms with Gasteiger partial charge in [-0.05, 0) is 49.9 Å². The van der Waals surface area contributed by atoms with Crippen molar-refractivity contribution >= 4 is 34.5 Å². The number of ether oxygens (including phenoxy) is 1. The highest BCUT2D eigenvalue weighted by Crippen LogP contribution is 2.31. The summed E-state index contributed by atoms with van der Waals surface area (Å²) in [5.41, 5.74) is 2.32. The molecule has 1 fully saturated rings. The second kappa shape index (κ2) is 9.30. The maximum absolute atomic E-state index is 12.8. The van der Waals surface area contributed by atoms with E-state index >= 15 is 0 Å². The Bertz CT molecular complexity index is 1050. The molecule has 31 heavy (non-hydrogen) atoms. The minimum absolute atomic E-state index is 0.0129. The third-order valence-electron chi connectivity index (χ3n) is 5.10. The van der Waals surface area contributed by atoms with E-state index in [9.17, 15) is 9.59 Å². The lowest BCUT2D eigenvalue weighted by molar-refractivity contribution is -0.0586. The first-order chi connectivity index (χ1) is 14.9. The normalized spacial score (nSPS) is 18.7. The van der Waals surface area contributed by atoms with Crippen LogP contribution in [-0.4, -0.2) is 47.0 Å².